The van der Waals surface area contributed by atoms with Gasteiger partial charge in [0.2, 0.25) is 0 Å². The van der Waals surface area contributed by atoms with Crippen molar-refractivity contribution in [3.8, 4) is 0 Å². The molecule has 1 aromatic carbocycles. The Hall–Kier alpha value is -0.640. The van der Waals surface area contributed by atoms with E-state index in [2.05, 4.69) is 5.32 Å². The first-order valence-corrected chi connectivity index (χ1v) is 5.90. The number of hydrogen-bond donors (Lipinski definition) is 1. The van der Waals surface area contributed by atoms with Crippen LogP contribution >= 0.6 is 11.6 Å². The van der Waals surface area contributed by atoms with Crippen LogP contribution in [0, 0.1) is 5.82 Å². The molecule has 1 aromatic rings. The lowest BCUT2D eigenvalue weighted by atomic mass is 10.1. The van der Waals surface area contributed by atoms with Crippen molar-refractivity contribution >= 4 is 11.6 Å². The summed E-state index contributed by atoms with van der Waals surface area (Å²) in [4.78, 5) is 0. The Morgan fingerprint density at radius 2 is 2.38 bits per heavy atom. The molecule has 0 unspecified atom stereocenters. The van der Waals surface area contributed by atoms with Gasteiger partial charge < -0.3 is 10.1 Å². The Balaban J connectivity index is 1.93. The third kappa shape index (κ3) is 2.94. The Kier molecular flexibility index (Phi) is 4.16. The first-order chi connectivity index (χ1) is 7.77. The standard InChI is InChI=1S/C12H15ClFNO/c13-11-4-1-5-12(14)10(11)8-16-9-3-2-6-15-7-9/h1,4-5,9,15H,2-3,6-8H2/t9-/m0/s1. The molecule has 0 radical (unpaired) electrons. The SMILES string of the molecule is Fc1cccc(Cl)c1CO[C@H]1CCCNC1. The van der Waals surface area contributed by atoms with Gasteiger partial charge in [-0.3, -0.25) is 0 Å². The van der Waals surface area contributed by atoms with Crippen molar-refractivity contribution in [2.24, 2.45) is 0 Å². The molecule has 1 aliphatic heterocycles. The van der Waals surface area contributed by atoms with E-state index in [-0.39, 0.29) is 18.5 Å². The fourth-order valence-electron chi connectivity index (χ4n) is 1.83. The predicted molar refractivity (Wildman–Crippen MR) is 62.1 cm³/mol. The van der Waals surface area contributed by atoms with Crippen molar-refractivity contribution in [2.75, 3.05) is 13.1 Å². The van der Waals surface area contributed by atoms with Crippen LogP contribution in [0.2, 0.25) is 5.02 Å². The minimum Gasteiger partial charge on any atom is -0.372 e. The highest BCUT2D eigenvalue weighted by Crippen LogP contribution is 2.21. The maximum Gasteiger partial charge on any atom is 0.130 e. The molecule has 0 aliphatic carbocycles. The van der Waals surface area contributed by atoms with Crippen LogP contribution in [-0.4, -0.2) is 19.2 Å². The second kappa shape index (κ2) is 5.62. The number of halogens is 2. The topological polar surface area (TPSA) is 21.3 Å². The van der Waals surface area contributed by atoms with Gasteiger partial charge in [-0.15, -0.1) is 0 Å². The average molecular weight is 244 g/mol. The van der Waals surface area contributed by atoms with E-state index in [9.17, 15) is 4.39 Å². The summed E-state index contributed by atoms with van der Waals surface area (Å²) in [6.45, 7) is 2.13. The lowest BCUT2D eigenvalue weighted by Crippen LogP contribution is -2.35. The van der Waals surface area contributed by atoms with E-state index in [0.29, 0.717) is 10.6 Å². The predicted octanol–water partition coefficient (Wildman–Crippen LogP) is 2.75. The van der Waals surface area contributed by atoms with Gasteiger partial charge in [0.15, 0.2) is 0 Å². The Bertz CT molecular complexity index is 333. The van der Waals surface area contributed by atoms with Crippen molar-refractivity contribution in [3.05, 3.63) is 34.6 Å². The van der Waals surface area contributed by atoms with Crippen molar-refractivity contribution in [1.82, 2.24) is 5.32 Å². The van der Waals surface area contributed by atoms with Crippen molar-refractivity contribution < 1.29 is 9.13 Å². The first-order valence-electron chi connectivity index (χ1n) is 5.52. The van der Waals surface area contributed by atoms with Crippen LogP contribution in [0.1, 0.15) is 18.4 Å². The maximum atomic E-state index is 13.4. The van der Waals surface area contributed by atoms with E-state index in [1.165, 1.54) is 6.07 Å². The Labute approximate surface area is 99.7 Å². The van der Waals surface area contributed by atoms with Crippen LogP contribution in [0.5, 0.6) is 0 Å². The van der Waals surface area contributed by atoms with Crippen LogP contribution in [0.4, 0.5) is 4.39 Å². The van der Waals surface area contributed by atoms with Crippen molar-refractivity contribution in [1.29, 1.82) is 0 Å². The first kappa shape index (κ1) is 11.8. The summed E-state index contributed by atoms with van der Waals surface area (Å²) in [6, 6.07) is 4.69. The molecular formula is C12H15ClFNO. The van der Waals surface area contributed by atoms with Gasteiger partial charge in [-0.05, 0) is 31.5 Å². The molecule has 0 saturated carbocycles. The van der Waals surface area contributed by atoms with E-state index >= 15 is 0 Å². The summed E-state index contributed by atoms with van der Waals surface area (Å²) in [6.07, 6.45) is 2.30. The molecule has 1 N–H and O–H groups in total. The highest BCUT2D eigenvalue weighted by molar-refractivity contribution is 6.31. The zero-order chi connectivity index (χ0) is 11.4. The number of ether oxygens (including phenoxy) is 1. The zero-order valence-corrected chi connectivity index (χ0v) is 9.77. The minimum absolute atomic E-state index is 0.171. The van der Waals surface area contributed by atoms with Gasteiger partial charge >= 0.3 is 0 Å². The highest BCUT2D eigenvalue weighted by atomic mass is 35.5. The third-order valence-electron chi connectivity index (χ3n) is 2.78. The molecule has 0 aromatic heterocycles. The van der Waals surface area contributed by atoms with Crippen molar-refractivity contribution in [3.63, 3.8) is 0 Å². The number of piperidine rings is 1. The number of nitrogens with one attached hydrogen (secondary N) is 1. The summed E-state index contributed by atoms with van der Waals surface area (Å²) in [5, 5.41) is 3.68. The fourth-order valence-corrected chi connectivity index (χ4v) is 2.05. The fraction of sp³-hybridized carbons (Fsp3) is 0.500. The number of benzene rings is 1. The van der Waals surface area contributed by atoms with Crippen LogP contribution < -0.4 is 5.32 Å². The zero-order valence-electron chi connectivity index (χ0n) is 9.01. The lowest BCUT2D eigenvalue weighted by molar-refractivity contribution is 0.0240. The van der Waals surface area contributed by atoms with E-state index in [1.807, 2.05) is 0 Å². The summed E-state index contributed by atoms with van der Waals surface area (Å²) >= 11 is 5.91. The smallest absolute Gasteiger partial charge is 0.130 e. The molecule has 1 aliphatic rings. The van der Waals surface area contributed by atoms with Gasteiger partial charge in [0, 0.05) is 17.1 Å². The molecule has 4 heteroatoms. The Morgan fingerprint density at radius 3 is 3.06 bits per heavy atom. The van der Waals surface area contributed by atoms with Crippen molar-refractivity contribution in [2.45, 2.75) is 25.6 Å². The van der Waals surface area contributed by atoms with E-state index < -0.39 is 0 Å². The molecule has 88 valence electrons. The molecule has 0 spiro atoms. The largest absolute Gasteiger partial charge is 0.372 e. The van der Waals surface area contributed by atoms with Gasteiger partial charge in [-0.25, -0.2) is 4.39 Å². The van der Waals surface area contributed by atoms with Crippen LogP contribution in [0.15, 0.2) is 18.2 Å². The summed E-state index contributed by atoms with van der Waals surface area (Å²) in [5.41, 5.74) is 0.453. The highest BCUT2D eigenvalue weighted by Gasteiger charge is 2.15. The summed E-state index contributed by atoms with van der Waals surface area (Å²) in [7, 11) is 0. The molecule has 0 amide bonds. The van der Waals surface area contributed by atoms with Crippen LogP contribution in [0.25, 0.3) is 0 Å². The van der Waals surface area contributed by atoms with Gasteiger partial charge in [0.1, 0.15) is 5.82 Å². The molecule has 1 atom stereocenters. The van der Waals surface area contributed by atoms with Crippen LogP contribution in [0.3, 0.4) is 0 Å². The molecule has 1 saturated heterocycles. The van der Waals surface area contributed by atoms with E-state index in [1.54, 1.807) is 12.1 Å². The summed E-state index contributed by atoms with van der Waals surface area (Å²) in [5.74, 6) is -0.295. The molecular weight excluding hydrogens is 229 g/mol. The minimum atomic E-state index is -0.295. The van der Waals surface area contributed by atoms with Gasteiger partial charge in [0.25, 0.3) is 0 Å². The molecule has 2 nitrogen and oxygen atoms in total. The molecule has 1 heterocycles. The second-order valence-electron chi connectivity index (χ2n) is 3.98. The lowest BCUT2D eigenvalue weighted by Gasteiger charge is -2.23. The third-order valence-corrected chi connectivity index (χ3v) is 3.13. The second-order valence-corrected chi connectivity index (χ2v) is 4.39. The van der Waals surface area contributed by atoms with Gasteiger partial charge in [-0.1, -0.05) is 17.7 Å². The average Bonchev–Trinajstić information content (AvgIpc) is 2.30. The molecule has 1 fully saturated rings. The normalized spacial score (nSPS) is 21.0. The monoisotopic (exact) mass is 243 g/mol. The molecule has 16 heavy (non-hydrogen) atoms. The molecule has 0 bridgehead atoms. The number of hydrogen-bond acceptors (Lipinski definition) is 2. The molecule has 2 rings (SSSR count). The Morgan fingerprint density at radius 1 is 1.50 bits per heavy atom. The van der Waals surface area contributed by atoms with E-state index in [0.717, 1.165) is 25.9 Å². The summed E-state index contributed by atoms with van der Waals surface area (Å²) < 4.78 is 19.1. The number of rotatable bonds is 3. The van der Waals surface area contributed by atoms with Gasteiger partial charge in [-0.2, -0.15) is 0 Å². The quantitative estimate of drug-likeness (QED) is 0.882. The van der Waals surface area contributed by atoms with E-state index in [4.69, 9.17) is 16.3 Å². The van der Waals surface area contributed by atoms with Crippen LogP contribution in [-0.2, 0) is 11.3 Å². The van der Waals surface area contributed by atoms with Gasteiger partial charge in [0.05, 0.1) is 12.7 Å². The maximum absolute atomic E-state index is 13.4.